The number of aldehydes is 1. The van der Waals surface area contributed by atoms with Gasteiger partial charge in [0.1, 0.15) is 6.29 Å². The highest BCUT2D eigenvalue weighted by Gasteiger charge is 2.08. The van der Waals surface area contributed by atoms with Crippen molar-refractivity contribution in [2.75, 3.05) is 5.33 Å². The second kappa shape index (κ2) is 5.11. The Morgan fingerprint density at radius 2 is 1.81 bits per heavy atom. The molecule has 0 bridgehead atoms. The normalized spacial score (nSPS) is 12.6. The van der Waals surface area contributed by atoms with Crippen LogP contribution in [0.25, 0.3) is 10.8 Å². The van der Waals surface area contributed by atoms with Crippen molar-refractivity contribution in [1.82, 2.24) is 0 Å². The summed E-state index contributed by atoms with van der Waals surface area (Å²) in [5.74, 6) is -0.0620. The lowest BCUT2D eigenvalue weighted by Gasteiger charge is -2.08. The van der Waals surface area contributed by atoms with Gasteiger partial charge in [-0.25, -0.2) is 0 Å². The molecule has 0 fully saturated rings. The third-order valence-corrected chi connectivity index (χ3v) is 3.78. The molecule has 0 aromatic heterocycles. The molecule has 0 heterocycles. The molecule has 2 aromatic rings. The van der Waals surface area contributed by atoms with E-state index in [-0.39, 0.29) is 5.92 Å². The van der Waals surface area contributed by atoms with Crippen LogP contribution in [-0.4, -0.2) is 11.6 Å². The van der Waals surface area contributed by atoms with Gasteiger partial charge in [-0.1, -0.05) is 56.1 Å². The average Bonchev–Trinajstić information content (AvgIpc) is 2.31. The number of hydrogen-bond donors (Lipinski definition) is 0. The maximum atomic E-state index is 10.9. The van der Waals surface area contributed by atoms with Gasteiger partial charge < -0.3 is 4.79 Å². The minimum absolute atomic E-state index is 0.0620. The molecular weight excluding hydrogens is 332 g/mol. The van der Waals surface area contributed by atoms with Crippen LogP contribution in [0.3, 0.4) is 0 Å². The zero-order valence-corrected chi connectivity index (χ0v) is 11.7. The second-order valence-electron chi connectivity index (χ2n) is 3.65. The van der Waals surface area contributed by atoms with Crippen molar-refractivity contribution in [2.45, 2.75) is 5.92 Å². The van der Waals surface area contributed by atoms with Gasteiger partial charge in [0.15, 0.2) is 0 Å². The number of rotatable bonds is 3. The molecule has 0 saturated heterocycles. The maximum absolute atomic E-state index is 10.9. The first-order valence-corrected chi connectivity index (χ1v) is 6.86. The summed E-state index contributed by atoms with van der Waals surface area (Å²) in [6.45, 7) is 0. The minimum Gasteiger partial charge on any atom is -0.303 e. The molecular formula is C13H10Br2O. The number of hydrogen-bond acceptors (Lipinski definition) is 1. The molecule has 16 heavy (non-hydrogen) atoms. The molecule has 0 spiro atoms. The molecule has 0 aliphatic heterocycles. The Hall–Kier alpha value is -0.670. The molecule has 0 N–H and O–H groups in total. The minimum atomic E-state index is -0.0620. The van der Waals surface area contributed by atoms with Crippen molar-refractivity contribution >= 4 is 48.9 Å². The first-order valence-electron chi connectivity index (χ1n) is 4.95. The highest BCUT2D eigenvalue weighted by molar-refractivity contribution is 9.10. The van der Waals surface area contributed by atoms with E-state index < -0.39 is 0 Å². The summed E-state index contributed by atoms with van der Waals surface area (Å²) in [4.78, 5) is 10.9. The van der Waals surface area contributed by atoms with Gasteiger partial charge in [-0.05, 0) is 28.5 Å². The molecule has 2 rings (SSSR count). The van der Waals surface area contributed by atoms with Crippen LogP contribution in [0.2, 0.25) is 0 Å². The SMILES string of the molecule is O=CC(CBr)c1ccc2cc(Br)ccc2c1. The van der Waals surface area contributed by atoms with Gasteiger partial charge in [0.2, 0.25) is 0 Å². The standard InChI is InChI=1S/C13H10Br2O/c14-7-12(8-16)10-1-2-11-6-13(15)4-3-9(11)5-10/h1-6,8,12H,7H2. The first kappa shape index (κ1) is 11.8. The van der Waals surface area contributed by atoms with Crippen LogP contribution in [0.5, 0.6) is 0 Å². The lowest BCUT2D eigenvalue weighted by Crippen LogP contribution is -2.00. The largest absolute Gasteiger partial charge is 0.303 e. The fraction of sp³-hybridized carbons (Fsp3) is 0.154. The van der Waals surface area contributed by atoms with Gasteiger partial charge >= 0.3 is 0 Å². The molecule has 0 aliphatic carbocycles. The fourth-order valence-electron chi connectivity index (χ4n) is 1.67. The van der Waals surface area contributed by atoms with E-state index in [0.29, 0.717) is 5.33 Å². The van der Waals surface area contributed by atoms with Crippen LogP contribution in [-0.2, 0) is 4.79 Å². The van der Waals surface area contributed by atoms with E-state index in [9.17, 15) is 4.79 Å². The van der Waals surface area contributed by atoms with Crippen molar-refractivity contribution in [1.29, 1.82) is 0 Å². The predicted molar refractivity (Wildman–Crippen MR) is 74.2 cm³/mol. The summed E-state index contributed by atoms with van der Waals surface area (Å²) in [6.07, 6.45) is 0.981. The van der Waals surface area contributed by atoms with Crippen molar-refractivity contribution in [2.24, 2.45) is 0 Å². The highest BCUT2D eigenvalue weighted by Crippen LogP contribution is 2.24. The average molecular weight is 342 g/mol. The Kier molecular flexibility index (Phi) is 3.77. The van der Waals surface area contributed by atoms with Gasteiger partial charge in [0.25, 0.3) is 0 Å². The number of carbonyl (C=O) groups excluding carboxylic acids is 1. The molecule has 0 radical (unpaired) electrons. The number of benzene rings is 2. The Bertz CT molecular complexity index is 522. The van der Waals surface area contributed by atoms with E-state index >= 15 is 0 Å². The summed E-state index contributed by atoms with van der Waals surface area (Å²) >= 11 is 6.79. The predicted octanol–water partition coefficient (Wildman–Crippen LogP) is 4.28. The lowest BCUT2D eigenvalue weighted by molar-refractivity contribution is -0.108. The maximum Gasteiger partial charge on any atom is 0.128 e. The summed E-state index contributed by atoms with van der Waals surface area (Å²) in [5, 5.41) is 3.00. The Labute approximate surface area is 111 Å². The van der Waals surface area contributed by atoms with Crippen molar-refractivity contribution in [3.63, 3.8) is 0 Å². The van der Waals surface area contributed by atoms with E-state index in [2.05, 4.69) is 56.1 Å². The van der Waals surface area contributed by atoms with Crippen molar-refractivity contribution in [3.05, 3.63) is 46.4 Å². The van der Waals surface area contributed by atoms with Gasteiger partial charge in [-0.2, -0.15) is 0 Å². The number of alkyl halides is 1. The Morgan fingerprint density at radius 3 is 2.50 bits per heavy atom. The van der Waals surface area contributed by atoms with Gasteiger partial charge in [-0.3, -0.25) is 0 Å². The van der Waals surface area contributed by atoms with Crippen molar-refractivity contribution in [3.8, 4) is 0 Å². The van der Waals surface area contributed by atoms with E-state index in [4.69, 9.17) is 0 Å². The monoisotopic (exact) mass is 340 g/mol. The quantitative estimate of drug-likeness (QED) is 0.601. The van der Waals surface area contributed by atoms with Gasteiger partial charge in [0.05, 0.1) is 0 Å². The summed E-state index contributed by atoms with van der Waals surface area (Å²) in [6, 6.07) is 12.3. The number of carbonyl (C=O) groups is 1. The van der Waals surface area contributed by atoms with E-state index in [1.165, 1.54) is 5.39 Å². The van der Waals surface area contributed by atoms with Crippen LogP contribution >= 0.6 is 31.9 Å². The number of halogens is 2. The summed E-state index contributed by atoms with van der Waals surface area (Å²) < 4.78 is 1.07. The van der Waals surface area contributed by atoms with Crippen LogP contribution < -0.4 is 0 Å². The first-order chi connectivity index (χ1) is 7.74. The van der Waals surface area contributed by atoms with E-state index in [0.717, 1.165) is 21.7 Å². The second-order valence-corrected chi connectivity index (χ2v) is 5.21. The third kappa shape index (κ3) is 2.36. The van der Waals surface area contributed by atoms with Gasteiger partial charge in [0, 0.05) is 15.7 Å². The molecule has 2 aromatic carbocycles. The Balaban J connectivity index is 2.51. The van der Waals surface area contributed by atoms with Crippen molar-refractivity contribution < 1.29 is 4.79 Å². The fourth-order valence-corrected chi connectivity index (χ4v) is 2.57. The molecule has 82 valence electrons. The highest BCUT2D eigenvalue weighted by atomic mass is 79.9. The molecule has 0 amide bonds. The van der Waals surface area contributed by atoms with E-state index in [1.807, 2.05) is 12.1 Å². The zero-order valence-electron chi connectivity index (χ0n) is 8.49. The zero-order chi connectivity index (χ0) is 11.5. The third-order valence-electron chi connectivity index (χ3n) is 2.59. The molecule has 1 nitrogen and oxygen atoms in total. The summed E-state index contributed by atoms with van der Waals surface area (Å²) in [5.41, 5.74) is 1.06. The van der Waals surface area contributed by atoms with E-state index in [1.54, 1.807) is 0 Å². The topological polar surface area (TPSA) is 17.1 Å². The van der Waals surface area contributed by atoms with Crippen LogP contribution in [0.4, 0.5) is 0 Å². The molecule has 1 unspecified atom stereocenters. The van der Waals surface area contributed by atoms with Crippen LogP contribution in [0, 0.1) is 0 Å². The van der Waals surface area contributed by atoms with Gasteiger partial charge in [-0.15, -0.1) is 0 Å². The molecule has 3 heteroatoms. The van der Waals surface area contributed by atoms with Crippen LogP contribution in [0.1, 0.15) is 11.5 Å². The molecule has 0 aliphatic rings. The van der Waals surface area contributed by atoms with Crippen LogP contribution in [0.15, 0.2) is 40.9 Å². The smallest absolute Gasteiger partial charge is 0.128 e. The molecule has 1 atom stereocenters. The molecule has 0 saturated carbocycles. The summed E-state index contributed by atoms with van der Waals surface area (Å²) in [7, 11) is 0. The lowest BCUT2D eigenvalue weighted by atomic mass is 9.99. The number of fused-ring (bicyclic) bond motifs is 1. The Morgan fingerprint density at radius 1 is 1.12 bits per heavy atom.